The van der Waals surface area contributed by atoms with Crippen molar-refractivity contribution in [2.45, 2.75) is 19.8 Å². The van der Waals surface area contributed by atoms with Crippen molar-refractivity contribution in [2.24, 2.45) is 0 Å². The van der Waals surface area contributed by atoms with E-state index in [1.807, 2.05) is 13.8 Å². The Morgan fingerprint density at radius 2 is 2.20 bits per heavy atom. The van der Waals surface area contributed by atoms with Crippen LogP contribution in [0.3, 0.4) is 0 Å². The Morgan fingerprint density at radius 3 is 2.40 bits per heavy atom. The van der Waals surface area contributed by atoms with Gasteiger partial charge in [-0.15, -0.1) is 0 Å². The summed E-state index contributed by atoms with van der Waals surface area (Å²) in [5.74, 6) is 1.15. The van der Waals surface area contributed by atoms with Crippen LogP contribution in [0.4, 0.5) is 5.82 Å². The highest BCUT2D eigenvalue weighted by Gasteiger charge is 2.13. The van der Waals surface area contributed by atoms with E-state index in [0.717, 1.165) is 0 Å². The maximum absolute atomic E-state index is 5.72. The quantitative estimate of drug-likeness (QED) is 0.684. The van der Waals surface area contributed by atoms with Crippen molar-refractivity contribution in [1.82, 2.24) is 5.16 Å². The summed E-state index contributed by atoms with van der Waals surface area (Å²) in [5, 5.41) is 3.95. The molecule has 4 heteroatoms. The second-order valence-electron chi connectivity index (χ2n) is 2.40. The first kappa shape index (κ1) is 7.41. The lowest BCUT2D eigenvalue weighted by Gasteiger charge is -1.95. The molecule has 0 amide bonds. The van der Waals surface area contributed by atoms with Crippen molar-refractivity contribution in [1.29, 1.82) is 0 Å². The molecule has 2 N–H and O–H groups in total. The van der Waals surface area contributed by atoms with E-state index < -0.39 is 0 Å². The van der Waals surface area contributed by atoms with Gasteiger partial charge in [-0.1, -0.05) is 30.6 Å². The number of nitrogen functional groups attached to an aromatic ring is 1. The third kappa shape index (κ3) is 1.09. The van der Waals surface area contributed by atoms with E-state index in [1.54, 1.807) is 0 Å². The first-order valence-electron chi connectivity index (χ1n) is 3.03. The number of nitrogens with zero attached hydrogens (tertiary/aromatic N) is 1. The predicted octanol–water partition coefficient (Wildman–Crippen LogP) is 2.03. The van der Waals surface area contributed by atoms with Crippen LogP contribution in [-0.2, 0) is 0 Å². The Bertz CT molecular complexity index is 232. The Balaban J connectivity index is 3.05. The van der Waals surface area contributed by atoms with Crippen molar-refractivity contribution in [3.63, 3.8) is 0 Å². The molecule has 0 radical (unpaired) electrons. The van der Waals surface area contributed by atoms with Crippen LogP contribution in [-0.4, -0.2) is 5.16 Å². The average Bonchev–Trinajstić information content (AvgIpc) is 2.14. The van der Waals surface area contributed by atoms with E-state index in [1.165, 1.54) is 0 Å². The predicted molar refractivity (Wildman–Crippen MR) is 40.0 cm³/mol. The first-order chi connectivity index (χ1) is 4.63. The van der Waals surface area contributed by atoms with E-state index >= 15 is 0 Å². The van der Waals surface area contributed by atoms with Crippen LogP contribution in [0.2, 0.25) is 5.02 Å². The number of rotatable bonds is 1. The summed E-state index contributed by atoms with van der Waals surface area (Å²) in [6.45, 7) is 3.93. The van der Waals surface area contributed by atoms with E-state index in [2.05, 4.69) is 5.16 Å². The Kier molecular flexibility index (Phi) is 1.85. The highest BCUT2D eigenvalue weighted by atomic mass is 35.5. The van der Waals surface area contributed by atoms with Gasteiger partial charge < -0.3 is 10.3 Å². The molecule has 0 spiro atoms. The number of nitrogens with two attached hydrogens (primary N) is 1. The van der Waals surface area contributed by atoms with E-state index in [-0.39, 0.29) is 11.7 Å². The molecule has 0 bridgehead atoms. The van der Waals surface area contributed by atoms with Crippen molar-refractivity contribution in [2.75, 3.05) is 5.73 Å². The number of anilines is 1. The summed E-state index contributed by atoms with van der Waals surface area (Å²) in [6.07, 6.45) is 0. The summed E-state index contributed by atoms with van der Waals surface area (Å²) in [4.78, 5) is 0. The van der Waals surface area contributed by atoms with Gasteiger partial charge in [0.15, 0.2) is 11.6 Å². The fraction of sp³-hybridized carbons (Fsp3) is 0.500. The van der Waals surface area contributed by atoms with Gasteiger partial charge in [-0.25, -0.2) is 0 Å². The van der Waals surface area contributed by atoms with Crippen molar-refractivity contribution in [3.05, 3.63) is 10.8 Å². The highest BCUT2D eigenvalue weighted by Crippen LogP contribution is 2.28. The molecule has 0 aromatic carbocycles. The number of halogens is 1. The van der Waals surface area contributed by atoms with Gasteiger partial charge in [0, 0.05) is 5.92 Å². The molecule has 1 rings (SSSR count). The fourth-order valence-electron chi connectivity index (χ4n) is 0.664. The lowest BCUT2D eigenvalue weighted by Crippen LogP contribution is -1.86. The molecule has 10 heavy (non-hydrogen) atoms. The van der Waals surface area contributed by atoms with Crippen LogP contribution in [0.5, 0.6) is 0 Å². The molecular weight excluding hydrogens is 152 g/mol. The number of hydrogen-bond acceptors (Lipinski definition) is 3. The van der Waals surface area contributed by atoms with E-state index in [0.29, 0.717) is 10.8 Å². The molecular formula is C6H9ClN2O. The fourth-order valence-corrected chi connectivity index (χ4v) is 0.951. The third-order valence-corrected chi connectivity index (χ3v) is 1.59. The standard InChI is InChI=1S/C6H9ClN2O/c1-3(2)5-4(7)6(8)9-10-5/h3H,1-2H3,(H2,8,9). The number of hydrogen-bond donors (Lipinski definition) is 1. The maximum Gasteiger partial charge on any atom is 0.186 e. The van der Waals surface area contributed by atoms with E-state index in [4.69, 9.17) is 21.9 Å². The molecule has 0 atom stereocenters. The van der Waals surface area contributed by atoms with Gasteiger partial charge in [-0.3, -0.25) is 0 Å². The minimum Gasteiger partial charge on any atom is -0.380 e. The molecule has 1 aromatic rings. The zero-order valence-corrected chi connectivity index (χ0v) is 6.64. The van der Waals surface area contributed by atoms with Crippen molar-refractivity contribution < 1.29 is 4.52 Å². The van der Waals surface area contributed by atoms with Crippen LogP contribution in [0, 0.1) is 0 Å². The SMILES string of the molecule is CC(C)c1onc(N)c1Cl. The molecule has 56 valence electrons. The van der Waals surface area contributed by atoms with E-state index in [9.17, 15) is 0 Å². The molecule has 0 aliphatic heterocycles. The third-order valence-electron chi connectivity index (χ3n) is 1.21. The molecule has 1 heterocycles. The van der Waals surface area contributed by atoms with Crippen LogP contribution in [0.15, 0.2) is 4.52 Å². The molecule has 0 aliphatic rings. The largest absolute Gasteiger partial charge is 0.380 e. The summed E-state index contributed by atoms with van der Waals surface area (Å²) in [7, 11) is 0. The Morgan fingerprint density at radius 1 is 1.60 bits per heavy atom. The molecule has 0 aliphatic carbocycles. The second-order valence-corrected chi connectivity index (χ2v) is 2.78. The normalized spacial score (nSPS) is 10.8. The smallest absolute Gasteiger partial charge is 0.186 e. The first-order valence-corrected chi connectivity index (χ1v) is 3.41. The monoisotopic (exact) mass is 160 g/mol. The van der Waals surface area contributed by atoms with Gasteiger partial charge in [0.05, 0.1) is 0 Å². The van der Waals surface area contributed by atoms with Gasteiger partial charge in [-0.05, 0) is 0 Å². The van der Waals surface area contributed by atoms with Gasteiger partial charge in [0.25, 0.3) is 0 Å². The molecule has 0 fully saturated rings. The second kappa shape index (κ2) is 2.50. The summed E-state index contributed by atoms with van der Waals surface area (Å²) >= 11 is 5.72. The molecule has 0 unspecified atom stereocenters. The summed E-state index contributed by atoms with van der Waals surface area (Å²) in [6, 6.07) is 0. The zero-order valence-electron chi connectivity index (χ0n) is 5.89. The number of aromatic nitrogens is 1. The molecule has 1 aromatic heterocycles. The van der Waals surface area contributed by atoms with Crippen LogP contribution >= 0.6 is 11.6 Å². The van der Waals surface area contributed by atoms with Gasteiger partial charge >= 0.3 is 0 Å². The highest BCUT2D eigenvalue weighted by molar-refractivity contribution is 6.33. The zero-order chi connectivity index (χ0) is 7.72. The minimum absolute atomic E-state index is 0.234. The molecule has 3 nitrogen and oxygen atoms in total. The molecule has 0 saturated carbocycles. The summed E-state index contributed by atoms with van der Waals surface area (Å²) in [5.41, 5.74) is 5.34. The van der Waals surface area contributed by atoms with Gasteiger partial charge in [0.1, 0.15) is 5.02 Å². The van der Waals surface area contributed by atoms with Crippen LogP contribution < -0.4 is 5.73 Å². The lowest BCUT2D eigenvalue weighted by atomic mass is 10.2. The lowest BCUT2D eigenvalue weighted by molar-refractivity contribution is 0.373. The van der Waals surface area contributed by atoms with Crippen LogP contribution in [0.25, 0.3) is 0 Å². The minimum atomic E-state index is 0.234. The van der Waals surface area contributed by atoms with Crippen molar-refractivity contribution in [3.8, 4) is 0 Å². The Hall–Kier alpha value is -0.700. The topological polar surface area (TPSA) is 52.0 Å². The molecule has 0 saturated heterocycles. The van der Waals surface area contributed by atoms with Gasteiger partial charge in [0.2, 0.25) is 0 Å². The van der Waals surface area contributed by atoms with Crippen molar-refractivity contribution >= 4 is 17.4 Å². The summed E-state index contributed by atoms with van der Waals surface area (Å²) < 4.78 is 4.85. The Labute approximate surface area is 64.1 Å². The maximum atomic E-state index is 5.72. The van der Waals surface area contributed by atoms with Crippen LogP contribution in [0.1, 0.15) is 25.5 Å². The van der Waals surface area contributed by atoms with Gasteiger partial charge in [-0.2, -0.15) is 0 Å². The average molecular weight is 161 g/mol.